The highest BCUT2D eigenvalue weighted by atomic mass is 16.1. The van der Waals surface area contributed by atoms with Gasteiger partial charge in [-0.05, 0) is 57.3 Å². The summed E-state index contributed by atoms with van der Waals surface area (Å²) in [7, 11) is 0. The van der Waals surface area contributed by atoms with Crippen molar-refractivity contribution in [3.63, 3.8) is 0 Å². The van der Waals surface area contributed by atoms with E-state index in [0.717, 1.165) is 18.3 Å². The van der Waals surface area contributed by atoms with Crippen molar-refractivity contribution in [3.05, 3.63) is 29.8 Å². The fraction of sp³-hybridized carbons (Fsp3) is 0.588. The van der Waals surface area contributed by atoms with Gasteiger partial charge in [0, 0.05) is 18.3 Å². The number of hydrogen-bond donors (Lipinski definition) is 2. The van der Waals surface area contributed by atoms with Crippen LogP contribution in [0.5, 0.6) is 0 Å². The largest absolute Gasteiger partial charge is 0.325 e. The number of carbonyl (C=O) groups is 1. The Hall–Kier alpha value is -1.39. The molecule has 1 amide bonds. The second kappa shape index (κ2) is 6.58. The maximum atomic E-state index is 11.9. The van der Waals surface area contributed by atoms with Crippen molar-refractivity contribution in [3.8, 4) is 0 Å². The first kappa shape index (κ1) is 14.5. The lowest BCUT2D eigenvalue weighted by Gasteiger charge is -2.15. The first-order valence-electron chi connectivity index (χ1n) is 8.02. The highest BCUT2D eigenvalue weighted by Crippen LogP contribution is 2.31. The summed E-state index contributed by atoms with van der Waals surface area (Å²) < 4.78 is 0. The molecule has 1 atom stereocenters. The summed E-state index contributed by atoms with van der Waals surface area (Å²) >= 11 is 0. The van der Waals surface area contributed by atoms with Crippen LogP contribution in [0.15, 0.2) is 24.3 Å². The molecule has 1 heterocycles. The Morgan fingerprint density at radius 1 is 1.24 bits per heavy atom. The number of nitrogens with zero attached hydrogens (tertiary/aromatic N) is 1. The number of anilines is 1. The van der Waals surface area contributed by atoms with Gasteiger partial charge < -0.3 is 15.5 Å². The second-order valence-corrected chi connectivity index (χ2v) is 6.43. The van der Waals surface area contributed by atoms with Crippen molar-refractivity contribution in [2.24, 2.45) is 5.92 Å². The smallest absolute Gasteiger partial charge is 0.238 e. The van der Waals surface area contributed by atoms with E-state index in [0.29, 0.717) is 12.5 Å². The predicted molar refractivity (Wildman–Crippen MR) is 85.4 cm³/mol. The average Bonchev–Trinajstić information content (AvgIpc) is 3.22. The predicted octanol–water partition coefficient (Wildman–Crippen LogP) is 2.01. The second-order valence-electron chi connectivity index (χ2n) is 6.43. The molecular formula is C17H25N3O. The van der Waals surface area contributed by atoms with Gasteiger partial charge in [-0.15, -0.1) is 0 Å². The fourth-order valence-electron chi connectivity index (χ4n) is 3.03. The molecule has 1 aromatic rings. The summed E-state index contributed by atoms with van der Waals surface area (Å²) in [5, 5.41) is 6.22. The number of benzene rings is 1. The van der Waals surface area contributed by atoms with Crippen LogP contribution in [0, 0.1) is 12.8 Å². The van der Waals surface area contributed by atoms with Crippen molar-refractivity contribution in [2.75, 3.05) is 31.5 Å². The van der Waals surface area contributed by atoms with Crippen LogP contribution in [0.3, 0.4) is 0 Å². The molecular weight excluding hydrogens is 262 g/mol. The van der Waals surface area contributed by atoms with Crippen LogP contribution >= 0.6 is 0 Å². The molecule has 2 aliphatic rings. The van der Waals surface area contributed by atoms with Gasteiger partial charge in [-0.2, -0.15) is 0 Å². The first-order chi connectivity index (χ1) is 10.2. The fourth-order valence-corrected chi connectivity index (χ4v) is 3.03. The standard InChI is InChI=1S/C17H25N3O/c1-13-2-4-15(5-3-13)19-17(21)11-18-10-14-8-9-20(12-14)16-6-7-16/h2-5,14,16,18H,6-12H2,1H3,(H,19,21). The highest BCUT2D eigenvalue weighted by Gasteiger charge is 2.33. The van der Waals surface area contributed by atoms with Gasteiger partial charge in [0.15, 0.2) is 0 Å². The summed E-state index contributed by atoms with van der Waals surface area (Å²) in [4.78, 5) is 14.5. The normalized spacial score (nSPS) is 22.4. The Bertz CT molecular complexity index is 481. The van der Waals surface area contributed by atoms with Gasteiger partial charge >= 0.3 is 0 Å². The molecule has 0 radical (unpaired) electrons. The maximum Gasteiger partial charge on any atom is 0.238 e. The van der Waals surface area contributed by atoms with Gasteiger partial charge in [0.1, 0.15) is 0 Å². The third-order valence-corrected chi connectivity index (χ3v) is 4.43. The van der Waals surface area contributed by atoms with E-state index in [9.17, 15) is 4.79 Å². The van der Waals surface area contributed by atoms with Crippen LogP contribution in [0.25, 0.3) is 0 Å². The molecule has 1 aromatic carbocycles. The van der Waals surface area contributed by atoms with E-state index in [1.54, 1.807) is 0 Å². The lowest BCUT2D eigenvalue weighted by molar-refractivity contribution is -0.115. The number of aryl methyl sites for hydroxylation is 1. The molecule has 1 saturated heterocycles. The Kier molecular flexibility index (Phi) is 4.56. The molecule has 4 nitrogen and oxygen atoms in total. The van der Waals surface area contributed by atoms with Crippen LogP contribution in [0.4, 0.5) is 5.69 Å². The molecule has 1 aliphatic heterocycles. The lowest BCUT2D eigenvalue weighted by atomic mass is 10.1. The summed E-state index contributed by atoms with van der Waals surface area (Å²) in [6, 6.07) is 8.78. The lowest BCUT2D eigenvalue weighted by Crippen LogP contribution is -2.33. The third kappa shape index (κ3) is 4.29. The van der Waals surface area contributed by atoms with Gasteiger partial charge in [-0.1, -0.05) is 17.7 Å². The number of likely N-dealkylation sites (tertiary alicyclic amines) is 1. The third-order valence-electron chi connectivity index (χ3n) is 4.43. The zero-order valence-electron chi connectivity index (χ0n) is 12.8. The van der Waals surface area contributed by atoms with E-state index in [1.165, 1.54) is 37.9 Å². The van der Waals surface area contributed by atoms with E-state index in [2.05, 4.69) is 15.5 Å². The molecule has 1 saturated carbocycles. The Morgan fingerprint density at radius 2 is 2.00 bits per heavy atom. The number of amides is 1. The van der Waals surface area contributed by atoms with Crippen molar-refractivity contribution >= 4 is 11.6 Å². The van der Waals surface area contributed by atoms with Crippen molar-refractivity contribution in [2.45, 2.75) is 32.2 Å². The summed E-state index contributed by atoms with van der Waals surface area (Å²) in [5.74, 6) is 0.744. The van der Waals surface area contributed by atoms with Gasteiger partial charge in [0.25, 0.3) is 0 Å². The van der Waals surface area contributed by atoms with E-state index in [-0.39, 0.29) is 5.91 Å². The molecule has 2 N–H and O–H groups in total. The molecule has 0 aromatic heterocycles. The van der Waals surface area contributed by atoms with Crippen molar-refractivity contribution < 1.29 is 4.79 Å². The van der Waals surface area contributed by atoms with Gasteiger partial charge in [-0.3, -0.25) is 4.79 Å². The maximum absolute atomic E-state index is 11.9. The molecule has 2 fully saturated rings. The van der Waals surface area contributed by atoms with Crippen LogP contribution in [0.2, 0.25) is 0 Å². The average molecular weight is 287 g/mol. The molecule has 1 unspecified atom stereocenters. The number of carbonyl (C=O) groups excluding carboxylic acids is 1. The van der Waals surface area contributed by atoms with Crippen molar-refractivity contribution in [1.29, 1.82) is 0 Å². The zero-order chi connectivity index (χ0) is 14.7. The summed E-state index contributed by atoms with van der Waals surface area (Å²) in [6.45, 7) is 5.84. The number of hydrogen-bond acceptors (Lipinski definition) is 3. The van der Waals surface area contributed by atoms with Crippen LogP contribution in [0.1, 0.15) is 24.8 Å². The summed E-state index contributed by atoms with van der Waals surface area (Å²) in [5.41, 5.74) is 2.07. The van der Waals surface area contributed by atoms with Crippen molar-refractivity contribution in [1.82, 2.24) is 10.2 Å². The van der Waals surface area contributed by atoms with E-state index >= 15 is 0 Å². The molecule has 1 aliphatic carbocycles. The monoisotopic (exact) mass is 287 g/mol. The van der Waals surface area contributed by atoms with E-state index in [1.807, 2.05) is 31.2 Å². The Morgan fingerprint density at radius 3 is 2.71 bits per heavy atom. The van der Waals surface area contributed by atoms with E-state index in [4.69, 9.17) is 0 Å². The summed E-state index contributed by atoms with van der Waals surface area (Å²) in [6.07, 6.45) is 4.04. The van der Waals surface area contributed by atoms with Crippen LogP contribution < -0.4 is 10.6 Å². The number of rotatable bonds is 6. The molecule has 21 heavy (non-hydrogen) atoms. The van der Waals surface area contributed by atoms with Gasteiger partial charge in [0.05, 0.1) is 6.54 Å². The SMILES string of the molecule is Cc1ccc(NC(=O)CNCC2CCN(C3CC3)C2)cc1. The van der Waals surface area contributed by atoms with Crippen LogP contribution in [-0.4, -0.2) is 43.0 Å². The Labute approximate surface area is 126 Å². The van der Waals surface area contributed by atoms with Gasteiger partial charge in [0.2, 0.25) is 5.91 Å². The molecule has 114 valence electrons. The minimum Gasteiger partial charge on any atom is -0.325 e. The highest BCUT2D eigenvalue weighted by molar-refractivity contribution is 5.92. The first-order valence-corrected chi connectivity index (χ1v) is 8.02. The Balaban J connectivity index is 1.33. The van der Waals surface area contributed by atoms with Gasteiger partial charge in [-0.25, -0.2) is 0 Å². The van der Waals surface area contributed by atoms with Crippen LogP contribution in [-0.2, 0) is 4.79 Å². The molecule has 3 rings (SSSR count). The van der Waals surface area contributed by atoms with E-state index < -0.39 is 0 Å². The quantitative estimate of drug-likeness (QED) is 0.841. The molecule has 0 bridgehead atoms. The topological polar surface area (TPSA) is 44.4 Å². The molecule has 4 heteroatoms. The molecule has 0 spiro atoms. The zero-order valence-corrected chi connectivity index (χ0v) is 12.8. The number of nitrogens with one attached hydrogen (secondary N) is 2. The minimum absolute atomic E-state index is 0.0379. The minimum atomic E-state index is 0.0379.